The zero-order valence-electron chi connectivity index (χ0n) is 16.2. The molecule has 2 aromatic carbocycles. The highest BCUT2D eigenvalue weighted by atomic mass is 32.1. The Kier molecular flexibility index (Phi) is 6.36. The highest BCUT2D eigenvalue weighted by molar-refractivity contribution is 7.07. The molecular weight excluding hydrogens is 398 g/mol. The minimum atomic E-state index is -0.274. The number of amides is 2. The van der Waals surface area contributed by atoms with Crippen LogP contribution in [0.4, 0.5) is 10.5 Å². The molecule has 0 radical (unpaired) electrons. The first-order valence-corrected chi connectivity index (χ1v) is 10.4. The predicted molar refractivity (Wildman–Crippen MR) is 117 cm³/mol. The molecule has 0 spiro atoms. The molecule has 0 saturated carbocycles. The van der Waals surface area contributed by atoms with Crippen molar-refractivity contribution in [2.45, 2.75) is 19.7 Å². The third kappa shape index (κ3) is 5.45. The topological polar surface area (TPSA) is 81.1 Å². The summed E-state index contributed by atoms with van der Waals surface area (Å²) < 4.78 is 7.73. The Morgan fingerprint density at radius 1 is 1.13 bits per heavy atom. The van der Waals surface area contributed by atoms with E-state index in [1.54, 1.807) is 24.1 Å². The van der Waals surface area contributed by atoms with Gasteiger partial charge in [-0.3, -0.25) is 0 Å². The lowest BCUT2D eigenvalue weighted by molar-refractivity contribution is 0.251. The molecule has 2 aromatic heterocycles. The van der Waals surface area contributed by atoms with Gasteiger partial charge in [0.05, 0.1) is 17.5 Å². The average molecular weight is 420 g/mol. The van der Waals surface area contributed by atoms with Crippen LogP contribution in [0.2, 0.25) is 0 Å². The van der Waals surface area contributed by atoms with Crippen molar-refractivity contribution >= 4 is 23.1 Å². The van der Waals surface area contributed by atoms with Crippen LogP contribution in [-0.4, -0.2) is 20.6 Å². The third-order valence-corrected chi connectivity index (χ3v) is 5.07. The van der Waals surface area contributed by atoms with Crippen LogP contribution in [0, 0.1) is 0 Å². The number of hydrogen-bond acceptors (Lipinski definition) is 5. The Labute approximate surface area is 178 Å². The summed E-state index contributed by atoms with van der Waals surface area (Å²) in [4.78, 5) is 20.7. The van der Waals surface area contributed by atoms with E-state index in [2.05, 4.69) is 26.7 Å². The number of imidazole rings is 1. The first-order chi connectivity index (χ1) is 14.8. The summed E-state index contributed by atoms with van der Waals surface area (Å²) in [5, 5.41) is 7.71. The standard InChI is InChI=1S/C22H21N5O2S/c28-22(24-11-17-4-1-2-5-18(17)12-27-9-8-23-15-27)26-19-6-3-7-21(10-19)29-13-20-14-30-16-25-20/h1-10,14-16H,11-13H2,(H2,24,26,28). The first-order valence-electron chi connectivity index (χ1n) is 9.43. The quantitative estimate of drug-likeness (QED) is 0.446. The summed E-state index contributed by atoms with van der Waals surface area (Å²) in [5.74, 6) is 0.673. The summed E-state index contributed by atoms with van der Waals surface area (Å²) in [6.07, 6.45) is 5.45. The number of urea groups is 1. The second kappa shape index (κ2) is 9.71. The Morgan fingerprint density at radius 2 is 2.03 bits per heavy atom. The molecule has 0 fully saturated rings. The Hall–Kier alpha value is -3.65. The van der Waals surface area contributed by atoms with Crippen LogP contribution in [0.5, 0.6) is 5.75 Å². The molecule has 4 aromatic rings. The van der Waals surface area contributed by atoms with E-state index >= 15 is 0 Å². The normalized spacial score (nSPS) is 10.5. The molecule has 30 heavy (non-hydrogen) atoms. The van der Waals surface area contributed by atoms with Crippen LogP contribution in [0.1, 0.15) is 16.8 Å². The number of hydrogen-bond donors (Lipinski definition) is 2. The van der Waals surface area contributed by atoms with Gasteiger partial charge in [0.25, 0.3) is 0 Å². The SMILES string of the molecule is O=C(NCc1ccccc1Cn1ccnc1)Nc1cccc(OCc2cscn2)c1. The monoisotopic (exact) mass is 419 g/mol. The van der Waals surface area contributed by atoms with Gasteiger partial charge in [0.2, 0.25) is 0 Å². The number of benzene rings is 2. The van der Waals surface area contributed by atoms with E-state index in [-0.39, 0.29) is 6.03 Å². The van der Waals surface area contributed by atoms with Crippen molar-refractivity contribution in [2.24, 2.45) is 0 Å². The zero-order chi connectivity index (χ0) is 20.6. The molecule has 2 heterocycles. The largest absolute Gasteiger partial charge is 0.487 e. The summed E-state index contributed by atoms with van der Waals surface area (Å²) in [6, 6.07) is 15.1. The van der Waals surface area contributed by atoms with E-state index in [0.29, 0.717) is 31.1 Å². The molecule has 0 bridgehead atoms. The van der Waals surface area contributed by atoms with Gasteiger partial charge in [0.1, 0.15) is 12.4 Å². The zero-order valence-corrected chi connectivity index (χ0v) is 17.0. The van der Waals surface area contributed by atoms with Crippen molar-refractivity contribution in [1.82, 2.24) is 19.9 Å². The van der Waals surface area contributed by atoms with Gasteiger partial charge in [-0.2, -0.15) is 0 Å². The van der Waals surface area contributed by atoms with Crippen LogP contribution >= 0.6 is 11.3 Å². The molecule has 8 heteroatoms. The van der Waals surface area contributed by atoms with Crippen molar-refractivity contribution in [1.29, 1.82) is 0 Å². The maximum absolute atomic E-state index is 12.4. The smallest absolute Gasteiger partial charge is 0.319 e. The summed E-state index contributed by atoms with van der Waals surface area (Å²) >= 11 is 1.53. The van der Waals surface area contributed by atoms with Crippen LogP contribution in [0.3, 0.4) is 0 Å². The van der Waals surface area contributed by atoms with Gasteiger partial charge < -0.3 is 19.9 Å². The molecule has 2 amide bonds. The Bertz CT molecular complexity index is 1080. The van der Waals surface area contributed by atoms with Gasteiger partial charge in [0, 0.05) is 42.6 Å². The number of anilines is 1. The van der Waals surface area contributed by atoms with Crippen molar-refractivity contribution in [2.75, 3.05) is 5.32 Å². The second-order valence-corrected chi connectivity index (χ2v) is 7.33. The number of nitrogens with zero attached hydrogens (tertiary/aromatic N) is 3. The van der Waals surface area contributed by atoms with Crippen molar-refractivity contribution in [3.05, 3.63) is 95.0 Å². The average Bonchev–Trinajstić information content (AvgIpc) is 3.46. The minimum Gasteiger partial charge on any atom is -0.487 e. The first kappa shape index (κ1) is 19.7. The van der Waals surface area contributed by atoms with E-state index in [4.69, 9.17) is 4.74 Å². The molecule has 0 atom stereocenters. The number of nitrogens with one attached hydrogen (secondary N) is 2. The van der Waals surface area contributed by atoms with E-state index in [1.165, 1.54) is 11.3 Å². The highest BCUT2D eigenvalue weighted by Gasteiger charge is 2.07. The molecule has 7 nitrogen and oxygen atoms in total. The summed E-state index contributed by atoms with van der Waals surface area (Å²) in [5.41, 5.74) is 5.50. The number of carbonyl (C=O) groups is 1. The summed E-state index contributed by atoms with van der Waals surface area (Å²) in [7, 11) is 0. The highest BCUT2D eigenvalue weighted by Crippen LogP contribution is 2.19. The van der Waals surface area contributed by atoms with Crippen LogP contribution in [-0.2, 0) is 19.7 Å². The van der Waals surface area contributed by atoms with Gasteiger partial charge in [-0.1, -0.05) is 30.3 Å². The van der Waals surface area contributed by atoms with Gasteiger partial charge in [-0.25, -0.2) is 14.8 Å². The fraction of sp³-hybridized carbons (Fsp3) is 0.136. The molecule has 2 N–H and O–H groups in total. The molecule has 4 rings (SSSR count). The predicted octanol–water partition coefficient (Wildman–Crippen LogP) is 4.29. The fourth-order valence-electron chi connectivity index (χ4n) is 2.94. The lowest BCUT2D eigenvalue weighted by atomic mass is 10.1. The molecule has 0 aliphatic heterocycles. The van der Waals surface area contributed by atoms with E-state index in [9.17, 15) is 4.79 Å². The minimum absolute atomic E-state index is 0.274. The second-order valence-electron chi connectivity index (χ2n) is 6.61. The number of rotatable bonds is 8. The maximum atomic E-state index is 12.4. The number of thiazole rings is 1. The number of aromatic nitrogens is 3. The van der Waals surface area contributed by atoms with Gasteiger partial charge in [-0.15, -0.1) is 11.3 Å². The van der Waals surface area contributed by atoms with Crippen molar-refractivity contribution in [3.8, 4) is 5.75 Å². The number of carbonyl (C=O) groups excluding carboxylic acids is 1. The maximum Gasteiger partial charge on any atom is 0.319 e. The molecule has 152 valence electrons. The third-order valence-electron chi connectivity index (χ3n) is 4.43. The number of ether oxygens (including phenoxy) is 1. The molecular formula is C22H21N5O2S. The molecule has 0 aliphatic carbocycles. The lowest BCUT2D eigenvalue weighted by Crippen LogP contribution is -2.28. The fourth-order valence-corrected chi connectivity index (χ4v) is 3.48. The Balaban J connectivity index is 1.31. The molecule has 0 saturated heterocycles. The van der Waals surface area contributed by atoms with Crippen molar-refractivity contribution in [3.63, 3.8) is 0 Å². The van der Waals surface area contributed by atoms with Gasteiger partial charge in [0.15, 0.2) is 0 Å². The van der Waals surface area contributed by atoms with E-state index in [0.717, 1.165) is 16.8 Å². The van der Waals surface area contributed by atoms with E-state index < -0.39 is 0 Å². The van der Waals surface area contributed by atoms with Crippen molar-refractivity contribution < 1.29 is 9.53 Å². The van der Waals surface area contributed by atoms with Crippen LogP contribution in [0.25, 0.3) is 0 Å². The summed E-state index contributed by atoms with van der Waals surface area (Å²) in [6.45, 7) is 1.53. The Morgan fingerprint density at radius 3 is 2.83 bits per heavy atom. The van der Waals surface area contributed by atoms with E-state index in [1.807, 2.05) is 52.5 Å². The van der Waals surface area contributed by atoms with Crippen LogP contribution < -0.4 is 15.4 Å². The van der Waals surface area contributed by atoms with Gasteiger partial charge in [-0.05, 0) is 23.3 Å². The lowest BCUT2D eigenvalue weighted by Gasteiger charge is -2.12. The molecule has 0 unspecified atom stereocenters. The van der Waals surface area contributed by atoms with Gasteiger partial charge >= 0.3 is 6.03 Å². The van der Waals surface area contributed by atoms with Crippen LogP contribution in [0.15, 0.2) is 78.1 Å². The molecule has 0 aliphatic rings.